The summed E-state index contributed by atoms with van der Waals surface area (Å²) in [6.45, 7) is 2.40. The Morgan fingerprint density at radius 3 is 2.81 bits per heavy atom. The van der Waals surface area contributed by atoms with Gasteiger partial charge in [-0.3, -0.25) is 9.89 Å². The van der Waals surface area contributed by atoms with Crippen LogP contribution in [0.3, 0.4) is 0 Å². The molecule has 2 aromatic heterocycles. The van der Waals surface area contributed by atoms with Gasteiger partial charge in [0.15, 0.2) is 5.82 Å². The lowest BCUT2D eigenvalue weighted by Crippen LogP contribution is -2.29. The molecule has 8 nitrogen and oxygen atoms in total. The Kier molecular flexibility index (Phi) is 4.83. The lowest BCUT2D eigenvalue weighted by molar-refractivity contribution is 0.100. The van der Waals surface area contributed by atoms with E-state index in [1.807, 2.05) is 24.3 Å². The van der Waals surface area contributed by atoms with Crippen molar-refractivity contribution >= 4 is 22.6 Å². The predicted molar refractivity (Wildman–Crippen MR) is 119 cm³/mol. The minimum atomic E-state index is -0.500. The van der Waals surface area contributed by atoms with E-state index in [-0.39, 0.29) is 0 Å². The van der Waals surface area contributed by atoms with Crippen LogP contribution in [0.4, 0.5) is 5.82 Å². The summed E-state index contributed by atoms with van der Waals surface area (Å²) in [6.07, 6.45) is 0.844. The van der Waals surface area contributed by atoms with Gasteiger partial charge in [0.25, 0.3) is 5.91 Å². The molecule has 1 aliphatic heterocycles. The van der Waals surface area contributed by atoms with E-state index in [9.17, 15) is 4.79 Å². The normalized spacial score (nSPS) is 13.8. The van der Waals surface area contributed by atoms with E-state index in [0.717, 1.165) is 42.0 Å². The molecule has 1 amide bonds. The second kappa shape index (κ2) is 7.81. The van der Waals surface area contributed by atoms with Crippen LogP contribution >= 0.6 is 0 Å². The van der Waals surface area contributed by atoms with Gasteiger partial charge in [-0.15, -0.1) is 0 Å². The number of fused-ring (bicyclic) bond motifs is 2. The van der Waals surface area contributed by atoms with Crippen LogP contribution in [0.2, 0.25) is 0 Å². The zero-order valence-corrected chi connectivity index (χ0v) is 17.2. The highest BCUT2D eigenvalue weighted by atomic mass is 16.1. The topological polar surface area (TPSA) is 113 Å². The highest BCUT2D eigenvalue weighted by molar-refractivity contribution is 6.07. The van der Waals surface area contributed by atoms with Gasteiger partial charge in [-0.05, 0) is 18.7 Å². The molecular formula is C23H23N7O. The second-order valence-electron chi connectivity index (χ2n) is 7.81. The Hall–Kier alpha value is -3.78. The average molecular weight is 413 g/mol. The summed E-state index contributed by atoms with van der Waals surface area (Å²) in [7, 11) is 2.10. The Morgan fingerprint density at radius 2 is 2.00 bits per heavy atom. The van der Waals surface area contributed by atoms with Gasteiger partial charge >= 0.3 is 0 Å². The largest absolute Gasteiger partial charge is 0.366 e. The van der Waals surface area contributed by atoms with Crippen LogP contribution < -0.4 is 11.1 Å². The number of para-hydroxylation sites is 1. The third-order valence-corrected chi connectivity index (χ3v) is 5.63. The van der Waals surface area contributed by atoms with E-state index in [1.165, 1.54) is 5.56 Å². The Bertz CT molecular complexity index is 1270. The molecule has 2 aromatic carbocycles. The molecule has 4 N–H and O–H groups in total. The molecule has 3 heterocycles. The number of hydrogen-bond acceptors (Lipinski definition) is 6. The number of carbonyl (C=O) groups is 1. The van der Waals surface area contributed by atoms with Gasteiger partial charge in [0.1, 0.15) is 11.5 Å². The molecular weight excluding hydrogens is 390 g/mol. The molecule has 0 unspecified atom stereocenters. The zero-order valence-electron chi connectivity index (χ0n) is 17.2. The quantitative estimate of drug-likeness (QED) is 0.464. The fourth-order valence-corrected chi connectivity index (χ4v) is 4.00. The predicted octanol–water partition coefficient (Wildman–Crippen LogP) is 2.72. The maximum Gasteiger partial charge on any atom is 0.250 e. The van der Waals surface area contributed by atoms with Crippen molar-refractivity contribution in [2.24, 2.45) is 5.73 Å². The summed E-state index contributed by atoms with van der Waals surface area (Å²) in [5.41, 5.74) is 10.5. The van der Waals surface area contributed by atoms with Crippen LogP contribution in [0.25, 0.3) is 22.4 Å². The van der Waals surface area contributed by atoms with Crippen LogP contribution in [0.5, 0.6) is 0 Å². The smallest absolute Gasteiger partial charge is 0.250 e. The molecule has 0 spiro atoms. The Balaban J connectivity index is 1.59. The average Bonchev–Trinajstić information content (AvgIpc) is 3.22. The summed E-state index contributed by atoms with van der Waals surface area (Å²) < 4.78 is 0. The monoisotopic (exact) mass is 413 g/mol. The van der Waals surface area contributed by atoms with Crippen LogP contribution in [0.1, 0.15) is 27.2 Å². The van der Waals surface area contributed by atoms with Gasteiger partial charge in [-0.2, -0.15) is 5.10 Å². The lowest BCUT2D eigenvalue weighted by atomic mass is 10.1. The Labute approximate surface area is 179 Å². The molecule has 5 rings (SSSR count). The first-order valence-corrected chi connectivity index (χ1v) is 10.2. The van der Waals surface area contributed by atoms with E-state index in [1.54, 1.807) is 12.1 Å². The third kappa shape index (κ3) is 3.62. The number of anilines is 1. The molecule has 31 heavy (non-hydrogen) atoms. The van der Waals surface area contributed by atoms with Crippen molar-refractivity contribution in [3.05, 3.63) is 70.9 Å². The van der Waals surface area contributed by atoms with E-state index in [4.69, 9.17) is 15.7 Å². The maximum atomic E-state index is 11.8. The number of carbonyl (C=O) groups excluding carboxylic acids is 1. The van der Waals surface area contributed by atoms with Crippen molar-refractivity contribution in [2.75, 3.05) is 18.9 Å². The Morgan fingerprint density at radius 1 is 1.16 bits per heavy atom. The van der Waals surface area contributed by atoms with E-state index >= 15 is 0 Å². The number of aromatic amines is 1. The van der Waals surface area contributed by atoms with Crippen molar-refractivity contribution in [1.82, 2.24) is 25.1 Å². The van der Waals surface area contributed by atoms with Gasteiger partial charge in [-0.1, -0.05) is 42.5 Å². The van der Waals surface area contributed by atoms with Crippen LogP contribution in [-0.2, 0) is 19.5 Å². The van der Waals surface area contributed by atoms with E-state index < -0.39 is 5.91 Å². The summed E-state index contributed by atoms with van der Waals surface area (Å²) in [5.74, 6) is 0.852. The molecule has 1 aliphatic rings. The number of aromatic nitrogens is 4. The molecule has 0 saturated carbocycles. The lowest BCUT2D eigenvalue weighted by Gasteiger charge is -2.26. The van der Waals surface area contributed by atoms with Crippen molar-refractivity contribution in [2.45, 2.75) is 19.5 Å². The van der Waals surface area contributed by atoms with E-state index in [2.05, 4.69) is 39.6 Å². The van der Waals surface area contributed by atoms with Gasteiger partial charge < -0.3 is 16.0 Å². The second-order valence-corrected chi connectivity index (χ2v) is 7.81. The standard InChI is InChI=1S/C23H23N7O/c1-30-11-10-18-17(13-30)22(25-12-14-6-3-2-4-7-14)27-23(26-18)20-15-8-5-9-16(21(24)31)19(15)28-29-20/h2-9H,10-13H2,1H3,(H2,24,31)(H,28,29)(H,25,26,27). The number of hydrogen-bond donors (Lipinski definition) is 3. The number of benzene rings is 2. The van der Waals surface area contributed by atoms with Crippen molar-refractivity contribution in [3.63, 3.8) is 0 Å². The first kappa shape index (κ1) is 19.2. The highest BCUT2D eigenvalue weighted by Crippen LogP contribution is 2.30. The highest BCUT2D eigenvalue weighted by Gasteiger charge is 2.23. The number of primary amides is 1. The SMILES string of the molecule is CN1CCc2nc(-c3n[nH]c4c(C(N)=O)cccc34)nc(NCc3ccccc3)c2C1. The minimum absolute atomic E-state index is 0.401. The summed E-state index contributed by atoms with van der Waals surface area (Å²) in [5, 5.41) is 11.7. The van der Waals surface area contributed by atoms with Gasteiger partial charge in [-0.25, -0.2) is 9.97 Å². The van der Waals surface area contributed by atoms with Crippen LogP contribution in [-0.4, -0.2) is 44.6 Å². The molecule has 0 aliphatic carbocycles. The number of nitrogens with one attached hydrogen (secondary N) is 2. The first-order valence-electron chi connectivity index (χ1n) is 10.2. The van der Waals surface area contributed by atoms with E-state index in [0.29, 0.717) is 29.1 Å². The number of rotatable bonds is 5. The summed E-state index contributed by atoms with van der Waals surface area (Å²) >= 11 is 0. The number of nitrogens with zero attached hydrogens (tertiary/aromatic N) is 4. The van der Waals surface area contributed by atoms with Gasteiger partial charge in [0, 0.05) is 37.0 Å². The first-order chi connectivity index (χ1) is 15.1. The van der Waals surface area contributed by atoms with Crippen molar-refractivity contribution < 1.29 is 4.79 Å². The number of H-pyrrole nitrogens is 1. The fourth-order valence-electron chi connectivity index (χ4n) is 4.00. The molecule has 0 bridgehead atoms. The minimum Gasteiger partial charge on any atom is -0.366 e. The third-order valence-electron chi connectivity index (χ3n) is 5.63. The number of nitrogens with two attached hydrogens (primary N) is 1. The molecule has 0 radical (unpaired) electrons. The van der Waals surface area contributed by atoms with Crippen LogP contribution in [0, 0.1) is 0 Å². The van der Waals surface area contributed by atoms with Crippen LogP contribution in [0.15, 0.2) is 48.5 Å². The van der Waals surface area contributed by atoms with Crippen molar-refractivity contribution in [1.29, 1.82) is 0 Å². The van der Waals surface area contributed by atoms with Gasteiger partial charge in [0.05, 0.1) is 16.8 Å². The zero-order chi connectivity index (χ0) is 21.4. The molecule has 0 saturated heterocycles. The number of amides is 1. The molecule has 4 aromatic rings. The van der Waals surface area contributed by atoms with Gasteiger partial charge in [0.2, 0.25) is 0 Å². The molecule has 156 valence electrons. The summed E-state index contributed by atoms with van der Waals surface area (Å²) in [4.78, 5) is 23.8. The van der Waals surface area contributed by atoms with Crippen molar-refractivity contribution in [3.8, 4) is 11.5 Å². The molecule has 0 fully saturated rings. The maximum absolute atomic E-state index is 11.8. The fraction of sp³-hybridized carbons (Fsp3) is 0.217. The summed E-state index contributed by atoms with van der Waals surface area (Å²) in [6, 6.07) is 15.6. The molecule has 8 heteroatoms. The number of likely N-dealkylation sites (N-methyl/N-ethyl adjacent to an activating group) is 1. The molecule has 0 atom stereocenters.